The second kappa shape index (κ2) is 7.03. The van der Waals surface area contributed by atoms with Gasteiger partial charge in [0.1, 0.15) is 5.75 Å². The van der Waals surface area contributed by atoms with Crippen molar-refractivity contribution in [1.82, 2.24) is 0 Å². The molecule has 0 radical (unpaired) electrons. The van der Waals surface area contributed by atoms with Crippen molar-refractivity contribution in [3.63, 3.8) is 0 Å². The first kappa shape index (κ1) is 18.3. The zero-order valence-electron chi connectivity index (χ0n) is 15.1. The van der Waals surface area contributed by atoms with Crippen molar-refractivity contribution < 1.29 is 29.3 Å². The molecule has 1 aliphatic heterocycles. The van der Waals surface area contributed by atoms with Crippen LogP contribution in [0.2, 0.25) is 0 Å². The number of aliphatic hydroxyl groups is 1. The minimum absolute atomic E-state index is 0.0180. The summed E-state index contributed by atoms with van der Waals surface area (Å²) in [5.74, 6) is -1.06. The highest BCUT2D eigenvalue weighted by Crippen LogP contribution is 2.43. The van der Waals surface area contributed by atoms with Crippen molar-refractivity contribution in [3.05, 3.63) is 59.4 Å². The van der Waals surface area contributed by atoms with Gasteiger partial charge in [-0.05, 0) is 36.8 Å². The molecule has 3 rings (SSSR count). The summed E-state index contributed by atoms with van der Waals surface area (Å²) in [6.45, 7) is 1.29. The highest BCUT2D eigenvalue weighted by molar-refractivity contribution is 6.16. The predicted molar refractivity (Wildman–Crippen MR) is 98.2 cm³/mol. The molecule has 7 nitrogen and oxygen atoms in total. The average Bonchev–Trinajstić information content (AvgIpc) is 2.93. The second-order valence-electron chi connectivity index (χ2n) is 6.03. The first-order valence-corrected chi connectivity index (χ1v) is 8.17. The number of carbonyl (C=O) groups is 2. The van der Waals surface area contributed by atoms with Crippen LogP contribution in [0.1, 0.15) is 18.5 Å². The van der Waals surface area contributed by atoms with Crippen molar-refractivity contribution in [1.29, 1.82) is 0 Å². The fourth-order valence-electron chi connectivity index (χ4n) is 3.17. The first-order valence-electron chi connectivity index (χ1n) is 8.17. The van der Waals surface area contributed by atoms with Gasteiger partial charge < -0.3 is 19.7 Å². The number of ether oxygens (including phenoxy) is 2. The normalized spacial score (nSPS) is 16.6. The average molecular weight is 369 g/mol. The lowest BCUT2D eigenvalue weighted by Gasteiger charge is -2.27. The number of aromatic hydroxyl groups is 1. The zero-order chi connectivity index (χ0) is 19.7. The summed E-state index contributed by atoms with van der Waals surface area (Å²) in [7, 11) is 2.90. The minimum Gasteiger partial charge on any atom is -0.504 e. The number of aliphatic hydroxyl groups excluding tert-OH is 1. The second-order valence-corrected chi connectivity index (χ2v) is 6.03. The Labute approximate surface area is 156 Å². The van der Waals surface area contributed by atoms with Crippen LogP contribution in [0.15, 0.2) is 53.8 Å². The molecule has 2 aromatic carbocycles. The summed E-state index contributed by atoms with van der Waals surface area (Å²) in [6.07, 6.45) is 0. The van der Waals surface area contributed by atoms with Crippen molar-refractivity contribution >= 4 is 17.4 Å². The van der Waals surface area contributed by atoms with Crippen LogP contribution in [0.4, 0.5) is 5.69 Å². The molecule has 7 heteroatoms. The van der Waals surface area contributed by atoms with E-state index in [1.54, 1.807) is 30.3 Å². The molecule has 0 aliphatic carbocycles. The standard InChI is InChI=1S/C20H19NO6/c1-11(22)17-18(12-7-8-15(23)16(9-12)27-3)21(20(25)19(17)24)13-5-4-6-14(10-13)26-2/h4-10,18,23-24H,1-3H3/t18-/m0/s1. The Morgan fingerprint density at radius 1 is 1.07 bits per heavy atom. The number of hydrogen-bond donors (Lipinski definition) is 2. The monoisotopic (exact) mass is 369 g/mol. The molecule has 0 spiro atoms. The smallest absolute Gasteiger partial charge is 0.294 e. The van der Waals surface area contributed by atoms with Crippen LogP contribution >= 0.6 is 0 Å². The maximum Gasteiger partial charge on any atom is 0.294 e. The SMILES string of the molecule is COc1cccc(N2C(=O)C(O)=C(C(C)=O)[C@@H]2c2ccc(O)c(OC)c2)c1. The van der Waals surface area contributed by atoms with E-state index in [-0.39, 0.29) is 17.1 Å². The maximum absolute atomic E-state index is 12.8. The van der Waals surface area contributed by atoms with E-state index in [0.29, 0.717) is 17.0 Å². The Hall–Kier alpha value is -3.48. The van der Waals surface area contributed by atoms with E-state index in [1.807, 2.05) is 0 Å². The van der Waals surface area contributed by atoms with Crippen molar-refractivity contribution in [2.75, 3.05) is 19.1 Å². The third kappa shape index (κ3) is 3.08. The molecule has 140 valence electrons. The largest absolute Gasteiger partial charge is 0.504 e. The van der Waals surface area contributed by atoms with Gasteiger partial charge >= 0.3 is 0 Å². The van der Waals surface area contributed by atoms with Gasteiger partial charge in [-0.15, -0.1) is 0 Å². The molecule has 0 aromatic heterocycles. The highest BCUT2D eigenvalue weighted by Gasteiger charge is 2.43. The summed E-state index contributed by atoms with van der Waals surface area (Å²) in [5.41, 5.74) is 0.949. The van der Waals surface area contributed by atoms with Gasteiger partial charge in [-0.3, -0.25) is 14.5 Å². The third-order valence-electron chi connectivity index (χ3n) is 4.44. The zero-order valence-corrected chi connectivity index (χ0v) is 15.1. The number of amides is 1. The van der Waals surface area contributed by atoms with Crippen LogP contribution in [0.5, 0.6) is 17.2 Å². The van der Waals surface area contributed by atoms with Gasteiger partial charge in [0.25, 0.3) is 5.91 Å². The van der Waals surface area contributed by atoms with Crippen LogP contribution in [0.25, 0.3) is 0 Å². The Kier molecular flexibility index (Phi) is 4.77. The number of nitrogens with zero attached hydrogens (tertiary/aromatic N) is 1. The quantitative estimate of drug-likeness (QED) is 0.841. The van der Waals surface area contributed by atoms with E-state index in [1.165, 1.54) is 38.2 Å². The van der Waals surface area contributed by atoms with Crippen molar-refractivity contribution in [3.8, 4) is 17.2 Å². The lowest BCUT2D eigenvalue weighted by atomic mass is 9.96. The van der Waals surface area contributed by atoms with E-state index in [4.69, 9.17) is 9.47 Å². The Balaban J connectivity index is 2.20. The molecule has 27 heavy (non-hydrogen) atoms. The number of phenols is 1. The number of anilines is 1. The van der Waals surface area contributed by atoms with E-state index in [9.17, 15) is 19.8 Å². The number of carbonyl (C=O) groups excluding carboxylic acids is 2. The molecule has 2 N–H and O–H groups in total. The minimum atomic E-state index is -0.864. The lowest BCUT2D eigenvalue weighted by molar-refractivity contribution is -0.117. The number of Topliss-reactive ketones (excluding diaryl/α,β-unsaturated/α-hetero) is 1. The lowest BCUT2D eigenvalue weighted by Crippen LogP contribution is -2.30. The number of rotatable bonds is 5. The molecular formula is C20H19NO6. The van der Waals surface area contributed by atoms with Gasteiger partial charge in [0.05, 0.1) is 25.8 Å². The van der Waals surface area contributed by atoms with Crippen LogP contribution in [-0.4, -0.2) is 36.1 Å². The van der Waals surface area contributed by atoms with Gasteiger partial charge in [-0.25, -0.2) is 0 Å². The van der Waals surface area contributed by atoms with Crippen LogP contribution in [0.3, 0.4) is 0 Å². The molecule has 2 aromatic rings. The van der Waals surface area contributed by atoms with Crippen LogP contribution in [0, 0.1) is 0 Å². The van der Waals surface area contributed by atoms with Crippen LogP contribution < -0.4 is 14.4 Å². The van der Waals surface area contributed by atoms with E-state index in [2.05, 4.69) is 0 Å². The molecular weight excluding hydrogens is 350 g/mol. The molecule has 0 saturated carbocycles. The molecule has 0 saturated heterocycles. The van der Waals surface area contributed by atoms with Crippen molar-refractivity contribution in [2.24, 2.45) is 0 Å². The van der Waals surface area contributed by atoms with Gasteiger partial charge in [-0.1, -0.05) is 12.1 Å². The first-order chi connectivity index (χ1) is 12.9. The molecule has 1 heterocycles. The summed E-state index contributed by atoms with van der Waals surface area (Å²) < 4.78 is 10.3. The molecule has 0 bridgehead atoms. The summed E-state index contributed by atoms with van der Waals surface area (Å²) >= 11 is 0. The fourth-order valence-corrected chi connectivity index (χ4v) is 3.17. The predicted octanol–water partition coefficient (Wildman–Crippen LogP) is 2.90. The summed E-state index contributed by atoms with van der Waals surface area (Å²) in [5, 5.41) is 20.2. The highest BCUT2D eigenvalue weighted by atomic mass is 16.5. The maximum atomic E-state index is 12.8. The number of hydrogen-bond acceptors (Lipinski definition) is 6. The summed E-state index contributed by atoms with van der Waals surface area (Å²) in [4.78, 5) is 26.3. The Morgan fingerprint density at radius 2 is 1.81 bits per heavy atom. The molecule has 0 fully saturated rings. The van der Waals surface area contributed by atoms with Crippen LogP contribution in [-0.2, 0) is 9.59 Å². The number of ketones is 1. The van der Waals surface area contributed by atoms with E-state index < -0.39 is 23.5 Å². The topological polar surface area (TPSA) is 96.3 Å². The van der Waals surface area contributed by atoms with Gasteiger partial charge in [0, 0.05) is 11.8 Å². The van der Waals surface area contributed by atoms with E-state index in [0.717, 1.165) is 0 Å². The molecule has 1 amide bonds. The molecule has 1 aliphatic rings. The van der Waals surface area contributed by atoms with Gasteiger partial charge in [-0.2, -0.15) is 0 Å². The number of benzene rings is 2. The number of phenolic OH excluding ortho intramolecular Hbond substituents is 1. The Bertz CT molecular complexity index is 949. The third-order valence-corrected chi connectivity index (χ3v) is 4.44. The molecule has 0 unspecified atom stereocenters. The van der Waals surface area contributed by atoms with Gasteiger partial charge in [0.2, 0.25) is 0 Å². The Morgan fingerprint density at radius 3 is 2.44 bits per heavy atom. The fraction of sp³-hybridized carbons (Fsp3) is 0.200. The number of methoxy groups -OCH3 is 2. The van der Waals surface area contributed by atoms with E-state index >= 15 is 0 Å². The summed E-state index contributed by atoms with van der Waals surface area (Å²) in [6, 6.07) is 10.4. The van der Waals surface area contributed by atoms with Crippen molar-refractivity contribution in [2.45, 2.75) is 13.0 Å². The van der Waals surface area contributed by atoms with Gasteiger partial charge in [0.15, 0.2) is 23.0 Å². The molecule has 1 atom stereocenters.